The van der Waals surface area contributed by atoms with Crippen molar-refractivity contribution in [3.8, 4) is 17.1 Å². The van der Waals surface area contributed by atoms with E-state index in [2.05, 4.69) is 26.1 Å². The van der Waals surface area contributed by atoms with Crippen molar-refractivity contribution in [2.75, 3.05) is 6.61 Å². The second-order valence-electron chi connectivity index (χ2n) is 5.15. The van der Waals surface area contributed by atoms with Gasteiger partial charge in [-0.15, -0.1) is 0 Å². The summed E-state index contributed by atoms with van der Waals surface area (Å²) in [5.74, 6) is 2.68. The molecule has 0 radical (unpaired) electrons. The molecule has 0 saturated carbocycles. The van der Waals surface area contributed by atoms with Crippen molar-refractivity contribution >= 4 is 0 Å². The van der Waals surface area contributed by atoms with E-state index in [4.69, 9.17) is 9.15 Å². The van der Waals surface area contributed by atoms with E-state index in [1.54, 1.807) is 0 Å². The minimum Gasteiger partial charge on any atom is -0.493 e. The molecule has 0 saturated heterocycles. The number of hydrogen-bond acceptors (Lipinski definition) is 3. The molecule has 0 fully saturated rings. The molecule has 1 aromatic heterocycles. The molecule has 0 aliphatic heterocycles. The average molecular weight is 273 g/mol. The summed E-state index contributed by atoms with van der Waals surface area (Å²) in [4.78, 5) is 0. The zero-order valence-electron chi connectivity index (χ0n) is 12.5. The largest absolute Gasteiger partial charge is 0.493 e. The fourth-order valence-corrected chi connectivity index (χ4v) is 1.93. The fraction of sp³-hybridized carbons (Fsp3) is 0.412. The Hall–Kier alpha value is -1.74. The molecule has 1 aromatic carbocycles. The molecule has 3 heteroatoms. The highest BCUT2D eigenvalue weighted by Gasteiger charge is 2.10. The Kier molecular flexibility index (Phi) is 5.24. The summed E-state index contributed by atoms with van der Waals surface area (Å²) in [5, 5.41) is 3.35. The van der Waals surface area contributed by atoms with Crippen LogP contribution in [0.25, 0.3) is 11.3 Å². The van der Waals surface area contributed by atoms with E-state index < -0.39 is 0 Å². The van der Waals surface area contributed by atoms with Crippen molar-refractivity contribution in [2.45, 2.75) is 39.8 Å². The van der Waals surface area contributed by atoms with E-state index in [1.807, 2.05) is 36.4 Å². The molecule has 3 nitrogen and oxygen atoms in total. The Morgan fingerprint density at radius 3 is 2.70 bits per heavy atom. The molecule has 2 aromatic rings. The number of ether oxygens (including phenoxy) is 1. The van der Waals surface area contributed by atoms with Crippen LogP contribution in [0.15, 0.2) is 40.8 Å². The van der Waals surface area contributed by atoms with Crippen LogP contribution in [0.5, 0.6) is 5.75 Å². The summed E-state index contributed by atoms with van der Waals surface area (Å²) >= 11 is 0. The molecular formula is C17H23NO2. The van der Waals surface area contributed by atoms with Gasteiger partial charge < -0.3 is 14.5 Å². The van der Waals surface area contributed by atoms with Crippen LogP contribution in [-0.4, -0.2) is 12.6 Å². The molecule has 0 aliphatic rings. The number of hydrogen-bond donors (Lipinski definition) is 1. The van der Waals surface area contributed by atoms with Crippen molar-refractivity contribution in [3.05, 3.63) is 42.2 Å². The predicted octanol–water partition coefficient (Wildman–Crippen LogP) is 4.23. The van der Waals surface area contributed by atoms with Crippen LogP contribution in [0, 0.1) is 0 Å². The average Bonchev–Trinajstić information content (AvgIpc) is 2.92. The van der Waals surface area contributed by atoms with E-state index in [0.717, 1.165) is 42.4 Å². The van der Waals surface area contributed by atoms with Gasteiger partial charge in [-0.1, -0.05) is 32.9 Å². The molecular weight excluding hydrogens is 250 g/mol. The molecule has 20 heavy (non-hydrogen) atoms. The van der Waals surface area contributed by atoms with Gasteiger partial charge in [0, 0.05) is 6.04 Å². The number of para-hydroxylation sites is 1. The van der Waals surface area contributed by atoms with Crippen LogP contribution in [0.1, 0.15) is 33.0 Å². The van der Waals surface area contributed by atoms with Gasteiger partial charge in [0.15, 0.2) is 0 Å². The highest BCUT2D eigenvalue weighted by molar-refractivity contribution is 5.65. The topological polar surface area (TPSA) is 34.4 Å². The monoisotopic (exact) mass is 273 g/mol. The van der Waals surface area contributed by atoms with E-state index in [1.165, 1.54) is 0 Å². The Morgan fingerprint density at radius 2 is 1.95 bits per heavy atom. The lowest BCUT2D eigenvalue weighted by molar-refractivity contribution is 0.318. The lowest BCUT2D eigenvalue weighted by Gasteiger charge is -2.09. The van der Waals surface area contributed by atoms with E-state index >= 15 is 0 Å². The predicted molar refractivity (Wildman–Crippen MR) is 81.9 cm³/mol. The summed E-state index contributed by atoms with van der Waals surface area (Å²) in [7, 11) is 0. The summed E-state index contributed by atoms with van der Waals surface area (Å²) in [6, 6.07) is 12.5. The molecule has 0 spiro atoms. The van der Waals surface area contributed by atoms with Crippen molar-refractivity contribution in [1.29, 1.82) is 0 Å². The number of benzene rings is 1. The number of rotatable bonds is 7. The van der Waals surface area contributed by atoms with Crippen LogP contribution in [-0.2, 0) is 6.54 Å². The number of nitrogens with one attached hydrogen (secondary N) is 1. The molecule has 1 N–H and O–H groups in total. The molecule has 0 unspecified atom stereocenters. The van der Waals surface area contributed by atoms with Gasteiger partial charge in [-0.05, 0) is 30.7 Å². The maximum atomic E-state index is 5.90. The second kappa shape index (κ2) is 7.15. The Labute approximate surface area is 121 Å². The third kappa shape index (κ3) is 3.87. The van der Waals surface area contributed by atoms with Crippen molar-refractivity contribution < 1.29 is 9.15 Å². The van der Waals surface area contributed by atoms with E-state index in [0.29, 0.717) is 6.04 Å². The van der Waals surface area contributed by atoms with Gasteiger partial charge in [-0.2, -0.15) is 0 Å². The summed E-state index contributed by atoms with van der Waals surface area (Å²) < 4.78 is 11.7. The smallest absolute Gasteiger partial charge is 0.138 e. The first kappa shape index (κ1) is 14.7. The van der Waals surface area contributed by atoms with Gasteiger partial charge in [-0.3, -0.25) is 0 Å². The molecule has 0 amide bonds. The van der Waals surface area contributed by atoms with Gasteiger partial charge in [0.2, 0.25) is 0 Å². The molecule has 108 valence electrons. The first-order chi connectivity index (χ1) is 9.70. The van der Waals surface area contributed by atoms with Crippen LogP contribution in [0.2, 0.25) is 0 Å². The van der Waals surface area contributed by atoms with Crippen LogP contribution < -0.4 is 10.1 Å². The highest BCUT2D eigenvalue weighted by atomic mass is 16.5. The van der Waals surface area contributed by atoms with Gasteiger partial charge in [-0.25, -0.2) is 0 Å². The molecule has 0 atom stereocenters. The zero-order valence-corrected chi connectivity index (χ0v) is 12.5. The third-order valence-corrected chi connectivity index (χ3v) is 2.96. The van der Waals surface area contributed by atoms with Crippen LogP contribution in [0.3, 0.4) is 0 Å². The Morgan fingerprint density at radius 1 is 1.15 bits per heavy atom. The van der Waals surface area contributed by atoms with Crippen molar-refractivity contribution in [2.24, 2.45) is 0 Å². The molecule has 0 bridgehead atoms. The number of furan rings is 1. The lowest BCUT2D eigenvalue weighted by Crippen LogP contribution is -2.21. The standard InChI is InChI=1S/C17H23NO2/c1-4-11-19-16-8-6-5-7-15(16)17-10-9-14(20-17)12-18-13(2)3/h5-10,13,18H,4,11-12H2,1-3H3. The maximum absolute atomic E-state index is 5.90. The van der Waals surface area contributed by atoms with Crippen LogP contribution in [0.4, 0.5) is 0 Å². The lowest BCUT2D eigenvalue weighted by atomic mass is 10.1. The van der Waals surface area contributed by atoms with Crippen molar-refractivity contribution in [1.82, 2.24) is 5.32 Å². The van der Waals surface area contributed by atoms with E-state index in [9.17, 15) is 0 Å². The summed E-state index contributed by atoms with van der Waals surface area (Å²) in [6.07, 6.45) is 0.996. The Balaban J connectivity index is 2.15. The minimum atomic E-state index is 0.448. The van der Waals surface area contributed by atoms with Gasteiger partial charge >= 0.3 is 0 Å². The maximum Gasteiger partial charge on any atom is 0.138 e. The molecule has 2 rings (SSSR count). The zero-order chi connectivity index (χ0) is 14.4. The van der Waals surface area contributed by atoms with Gasteiger partial charge in [0.05, 0.1) is 18.7 Å². The third-order valence-electron chi connectivity index (χ3n) is 2.96. The second-order valence-corrected chi connectivity index (χ2v) is 5.15. The minimum absolute atomic E-state index is 0.448. The molecule has 1 heterocycles. The molecule has 0 aliphatic carbocycles. The van der Waals surface area contributed by atoms with Gasteiger partial charge in [0.1, 0.15) is 17.3 Å². The van der Waals surface area contributed by atoms with Gasteiger partial charge in [0.25, 0.3) is 0 Å². The first-order valence-electron chi connectivity index (χ1n) is 7.25. The Bertz CT molecular complexity index is 531. The van der Waals surface area contributed by atoms with Crippen LogP contribution >= 0.6 is 0 Å². The normalized spacial score (nSPS) is 11.0. The quantitative estimate of drug-likeness (QED) is 0.819. The first-order valence-corrected chi connectivity index (χ1v) is 7.25. The summed E-state index contributed by atoms with van der Waals surface area (Å²) in [6.45, 7) is 7.82. The SMILES string of the molecule is CCCOc1ccccc1-c1ccc(CNC(C)C)o1. The van der Waals surface area contributed by atoms with Crippen molar-refractivity contribution in [3.63, 3.8) is 0 Å². The van der Waals surface area contributed by atoms with E-state index in [-0.39, 0.29) is 0 Å². The fourth-order valence-electron chi connectivity index (χ4n) is 1.93. The summed E-state index contributed by atoms with van der Waals surface area (Å²) in [5.41, 5.74) is 1.01. The highest BCUT2D eigenvalue weighted by Crippen LogP contribution is 2.31.